The number of rotatable bonds is 3. The van der Waals surface area contributed by atoms with E-state index in [1.165, 1.54) is 6.42 Å². The lowest BCUT2D eigenvalue weighted by Crippen LogP contribution is -2.48. The third kappa shape index (κ3) is 4.20. The van der Waals surface area contributed by atoms with Crippen molar-refractivity contribution in [3.63, 3.8) is 0 Å². The number of carbonyl (C=O) groups excluding carboxylic acids is 2. The number of hydrogen-bond donors (Lipinski definition) is 3. The molecule has 1 atom stereocenters. The molecule has 1 saturated carbocycles. The van der Waals surface area contributed by atoms with Crippen LogP contribution >= 0.6 is 0 Å². The fraction of sp³-hybridized carbons (Fsp3) is 0.857. The molecule has 0 aromatic rings. The van der Waals surface area contributed by atoms with E-state index in [1.807, 2.05) is 0 Å². The molecule has 1 saturated heterocycles. The van der Waals surface area contributed by atoms with Crippen molar-refractivity contribution in [2.75, 3.05) is 6.54 Å². The minimum absolute atomic E-state index is 0.00385. The van der Waals surface area contributed by atoms with Crippen molar-refractivity contribution in [3.05, 3.63) is 0 Å². The van der Waals surface area contributed by atoms with Crippen molar-refractivity contribution in [3.8, 4) is 0 Å². The van der Waals surface area contributed by atoms with E-state index < -0.39 is 0 Å². The van der Waals surface area contributed by atoms with Gasteiger partial charge < -0.3 is 16.4 Å². The van der Waals surface area contributed by atoms with Crippen LogP contribution in [0.25, 0.3) is 0 Å². The van der Waals surface area contributed by atoms with Crippen LogP contribution in [0.2, 0.25) is 0 Å². The highest BCUT2D eigenvalue weighted by molar-refractivity contribution is 5.82. The molecule has 5 nitrogen and oxygen atoms in total. The second-order valence-electron chi connectivity index (χ2n) is 5.82. The maximum atomic E-state index is 12.2. The van der Waals surface area contributed by atoms with Gasteiger partial charge in [-0.1, -0.05) is 12.8 Å². The number of nitrogens with two attached hydrogens (primary N) is 1. The molecule has 19 heavy (non-hydrogen) atoms. The lowest BCUT2D eigenvalue weighted by Gasteiger charge is -2.28. The first kappa shape index (κ1) is 14.3. The Kier molecular flexibility index (Phi) is 5.19. The number of amides is 2. The fourth-order valence-corrected chi connectivity index (χ4v) is 3.08. The van der Waals surface area contributed by atoms with E-state index in [4.69, 9.17) is 5.73 Å². The summed E-state index contributed by atoms with van der Waals surface area (Å²) in [4.78, 5) is 23.3. The van der Waals surface area contributed by atoms with Crippen molar-refractivity contribution < 1.29 is 9.59 Å². The van der Waals surface area contributed by atoms with E-state index in [-0.39, 0.29) is 29.8 Å². The molecule has 5 heteroatoms. The van der Waals surface area contributed by atoms with Gasteiger partial charge in [0.2, 0.25) is 11.8 Å². The first-order chi connectivity index (χ1) is 9.16. The Labute approximate surface area is 114 Å². The van der Waals surface area contributed by atoms with Gasteiger partial charge in [0, 0.05) is 12.0 Å². The van der Waals surface area contributed by atoms with Crippen LogP contribution in [0.15, 0.2) is 0 Å². The van der Waals surface area contributed by atoms with Crippen molar-refractivity contribution in [2.45, 2.75) is 63.5 Å². The minimum Gasteiger partial charge on any atom is -0.369 e. The molecule has 2 amide bonds. The Hall–Kier alpha value is -1.10. The second kappa shape index (κ2) is 6.89. The maximum Gasteiger partial charge on any atom is 0.237 e. The van der Waals surface area contributed by atoms with E-state index in [1.54, 1.807) is 0 Å². The van der Waals surface area contributed by atoms with Gasteiger partial charge in [0.25, 0.3) is 0 Å². The zero-order valence-corrected chi connectivity index (χ0v) is 11.5. The molecule has 1 unspecified atom stereocenters. The normalized spacial score (nSPS) is 32.3. The quantitative estimate of drug-likeness (QED) is 0.703. The highest BCUT2D eigenvalue weighted by Gasteiger charge is 2.27. The molecular formula is C14H25N3O2. The smallest absolute Gasteiger partial charge is 0.237 e. The topological polar surface area (TPSA) is 84.2 Å². The molecule has 0 bridgehead atoms. The molecule has 2 fully saturated rings. The summed E-state index contributed by atoms with van der Waals surface area (Å²) in [7, 11) is 0. The van der Waals surface area contributed by atoms with Gasteiger partial charge >= 0.3 is 0 Å². The van der Waals surface area contributed by atoms with Crippen LogP contribution in [-0.2, 0) is 9.59 Å². The van der Waals surface area contributed by atoms with Gasteiger partial charge in [0.15, 0.2) is 0 Å². The van der Waals surface area contributed by atoms with Gasteiger partial charge in [0.1, 0.15) is 0 Å². The molecule has 0 aromatic carbocycles. The van der Waals surface area contributed by atoms with Gasteiger partial charge in [-0.15, -0.1) is 0 Å². The summed E-state index contributed by atoms with van der Waals surface area (Å²) in [5.74, 6) is -0.0659. The van der Waals surface area contributed by atoms with Crippen LogP contribution in [0.3, 0.4) is 0 Å². The molecular weight excluding hydrogens is 242 g/mol. The molecule has 4 N–H and O–H groups in total. The Morgan fingerprint density at radius 3 is 2.42 bits per heavy atom. The summed E-state index contributed by atoms with van der Waals surface area (Å²) in [6.07, 6.45) is 7.77. The van der Waals surface area contributed by atoms with Crippen LogP contribution in [0, 0.1) is 5.92 Å². The second-order valence-corrected chi connectivity index (χ2v) is 5.82. The lowest BCUT2D eigenvalue weighted by molar-refractivity contribution is -0.124. The molecule has 1 aliphatic heterocycles. The van der Waals surface area contributed by atoms with Crippen LogP contribution in [0.4, 0.5) is 0 Å². The van der Waals surface area contributed by atoms with Gasteiger partial charge in [-0.3, -0.25) is 9.59 Å². The van der Waals surface area contributed by atoms with E-state index in [2.05, 4.69) is 10.6 Å². The standard InChI is InChI=1S/C14H25N3O2/c15-13(18)10-5-7-11(8-6-10)17-14(19)12-4-2-1-3-9-16-12/h10-12,16H,1-9H2,(H2,15,18)(H,17,19). The zero-order chi connectivity index (χ0) is 13.7. The first-order valence-corrected chi connectivity index (χ1v) is 7.50. The monoisotopic (exact) mass is 267 g/mol. The Morgan fingerprint density at radius 1 is 1.00 bits per heavy atom. The van der Waals surface area contributed by atoms with Crippen LogP contribution < -0.4 is 16.4 Å². The van der Waals surface area contributed by atoms with Gasteiger partial charge in [-0.05, 0) is 45.1 Å². The number of primary amides is 1. The summed E-state index contributed by atoms with van der Waals surface area (Å²) >= 11 is 0. The summed E-state index contributed by atoms with van der Waals surface area (Å²) in [6.45, 7) is 0.937. The Bertz CT molecular complexity index is 317. The summed E-state index contributed by atoms with van der Waals surface area (Å²) in [6, 6.07) is 0.185. The van der Waals surface area contributed by atoms with Crippen LogP contribution in [0.1, 0.15) is 51.4 Å². The average Bonchev–Trinajstić information content (AvgIpc) is 2.68. The van der Waals surface area contributed by atoms with Crippen molar-refractivity contribution in [2.24, 2.45) is 11.7 Å². The Morgan fingerprint density at radius 2 is 1.74 bits per heavy atom. The van der Waals surface area contributed by atoms with Crippen LogP contribution in [-0.4, -0.2) is 30.4 Å². The molecule has 0 spiro atoms. The summed E-state index contributed by atoms with van der Waals surface area (Å²) in [5.41, 5.74) is 5.31. The molecule has 2 rings (SSSR count). The summed E-state index contributed by atoms with van der Waals surface area (Å²) in [5, 5.41) is 6.43. The lowest BCUT2D eigenvalue weighted by atomic mass is 9.85. The maximum absolute atomic E-state index is 12.2. The molecule has 0 radical (unpaired) electrons. The van der Waals surface area contributed by atoms with E-state index >= 15 is 0 Å². The summed E-state index contributed by atoms with van der Waals surface area (Å²) < 4.78 is 0. The highest BCUT2D eigenvalue weighted by atomic mass is 16.2. The predicted molar refractivity (Wildman–Crippen MR) is 73.3 cm³/mol. The third-order valence-corrected chi connectivity index (χ3v) is 4.35. The predicted octanol–water partition coefficient (Wildman–Crippen LogP) is 0.679. The molecule has 2 aliphatic rings. The minimum atomic E-state index is -0.199. The molecule has 1 aliphatic carbocycles. The van der Waals surface area contributed by atoms with Crippen LogP contribution in [0.5, 0.6) is 0 Å². The zero-order valence-electron chi connectivity index (χ0n) is 11.5. The SMILES string of the molecule is NC(=O)C1CCC(NC(=O)C2CCCCCN2)CC1. The van der Waals surface area contributed by atoms with Crippen molar-refractivity contribution in [1.29, 1.82) is 0 Å². The average molecular weight is 267 g/mol. The highest BCUT2D eigenvalue weighted by Crippen LogP contribution is 2.24. The number of carbonyl (C=O) groups is 2. The molecule has 0 aromatic heterocycles. The van der Waals surface area contributed by atoms with Crippen molar-refractivity contribution in [1.82, 2.24) is 10.6 Å². The van der Waals surface area contributed by atoms with Gasteiger partial charge in [0.05, 0.1) is 6.04 Å². The van der Waals surface area contributed by atoms with Crippen molar-refractivity contribution >= 4 is 11.8 Å². The number of nitrogens with one attached hydrogen (secondary N) is 2. The number of hydrogen-bond acceptors (Lipinski definition) is 3. The Balaban J connectivity index is 1.75. The largest absolute Gasteiger partial charge is 0.369 e. The van der Waals surface area contributed by atoms with E-state index in [9.17, 15) is 9.59 Å². The van der Waals surface area contributed by atoms with E-state index in [0.717, 1.165) is 51.5 Å². The first-order valence-electron chi connectivity index (χ1n) is 7.50. The molecule has 108 valence electrons. The van der Waals surface area contributed by atoms with Gasteiger partial charge in [-0.2, -0.15) is 0 Å². The third-order valence-electron chi connectivity index (χ3n) is 4.35. The molecule has 1 heterocycles. The van der Waals surface area contributed by atoms with E-state index in [0.29, 0.717) is 0 Å². The fourth-order valence-electron chi connectivity index (χ4n) is 3.08. The van der Waals surface area contributed by atoms with Gasteiger partial charge in [-0.25, -0.2) is 0 Å².